The molecule has 1 unspecified atom stereocenters. The molecule has 1 fully saturated rings. The normalized spacial score (nSPS) is 16.4. The number of rotatable bonds is 10. The van der Waals surface area contributed by atoms with Crippen molar-refractivity contribution in [2.45, 2.75) is 77.1 Å². The molecule has 0 aromatic heterocycles. The first kappa shape index (κ1) is 29.4. The number of aliphatic hydroxyl groups is 1. The van der Waals surface area contributed by atoms with Crippen molar-refractivity contribution in [1.29, 1.82) is 0 Å². The van der Waals surface area contributed by atoms with Crippen LogP contribution in [0.15, 0.2) is 54.6 Å². The molecule has 2 N–H and O–H groups in total. The van der Waals surface area contributed by atoms with Crippen molar-refractivity contribution in [2.75, 3.05) is 19.8 Å². The number of hydrogen-bond donors (Lipinski definition) is 2. The third-order valence-corrected chi connectivity index (χ3v) is 6.69. The van der Waals surface area contributed by atoms with Gasteiger partial charge in [0.15, 0.2) is 5.79 Å². The summed E-state index contributed by atoms with van der Waals surface area (Å²) in [6.07, 6.45) is 8.17. The van der Waals surface area contributed by atoms with E-state index >= 15 is 0 Å². The summed E-state index contributed by atoms with van der Waals surface area (Å²) in [7, 11) is 0. The van der Waals surface area contributed by atoms with Crippen LogP contribution >= 0.6 is 0 Å². The maximum atomic E-state index is 11.1. The maximum absolute atomic E-state index is 11.1. The summed E-state index contributed by atoms with van der Waals surface area (Å²) in [6.45, 7) is 6.03. The molecule has 2 aliphatic rings. The molecule has 1 aliphatic carbocycles. The van der Waals surface area contributed by atoms with Crippen LogP contribution in [-0.2, 0) is 20.9 Å². The standard InChI is InChI=1S/C27H28O5.C5H12O/c1-2-4-23(18-26(28)29)21-7-9-25(10-8-21)30-19-20-5-3-6-24(17-20)22-11-13-27(14-12-22)31-15-16-32-27;1-2-3-4-5-6/h3,5-11,17,23H,12-16,18-19H2,1H3,(H,28,29);6H,2-5H2,1H3. The fraction of sp³-hybridized carbons (Fsp3) is 0.469. The van der Waals surface area contributed by atoms with Gasteiger partial charge in [-0.25, -0.2) is 0 Å². The zero-order chi connectivity index (χ0) is 27.2. The Bertz CT molecular complexity index is 1100. The number of carboxylic acid groups (broad SMARTS) is 1. The summed E-state index contributed by atoms with van der Waals surface area (Å²) in [6, 6.07) is 16.0. The Balaban J connectivity index is 0.000000599. The molecule has 6 nitrogen and oxygen atoms in total. The van der Waals surface area contributed by atoms with Crippen LogP contribution in [0.5, 0.6) is 5.75 Å². The molecule has 1 atom stereocenters. The van der Waals surface area contributed by atoms with E-state index in [4.69, 9.17) is 24.4 Å². The fourth-order valence-corrected chi connectivity index (χ4v) is 4.62. The van der Waals surface area contributed by atoms with E-state index in [9.17, 15) is 4.79 Å². The number of unbranched alkanes of at least 4 members (excludes halogenated alkanes) is 2. The van der Waals surface area contributed by atoms with Gasteiger partial charge in [-0.15, -0.1) is 5.92 Å². The predicted molar refractivity (Wildman–Crippen MR) is 149 cm³/mol. The maximum Gasteiger partial charge on any atom is 0.304 e. The lowest BCUT2D eigenvalue weighted by Crippen LogP contribution is -2.31. The van der Waals surface area contributed by atoms with E-state index in [0.717, 1.165) is 49.0 Å². The quantitative estimate of drug-likeness (QED) is 0.281. The molecule has 1 spiro atoms. The van der Waals surface area contributed by atoms with E-state index in [1.807, 2.05) is 24.3 Å². The van der Waals surface area contributed by atoms with E-state index in [-0.39, 0.29) is 12.3 Å². The van der Waals surface area contributed by atoms with Crippen LogP contribution in [0, 0.1) is 11.8 Å². The zero-order valence-corrected chi connectivity index (χ0v) is 22.6. The van der Waals surface area contributed by atoms with Crippen LogP contribution in [0.25, 0.3) is 5.57 Å². The number of aliphatic hydroxyl groups excluding tert-OH is 1. The molecule has 6 heteroatoms. The molecule has 0 saturated carbocycles. The molecule has 2 aromatic rings. The Labute approximate surface area is 226 Å². The number of carbonyl (C=O) groups is 1. The second kappa shape index (κ2) is 15.3. The van der Waals surface area contributed by atoms with Gasteiger partial charge in [-0.2, -0.15) is 0 Å². The number of allylic oxidation sites excluding steroid dienone is 1. The van der Waals surface area contributed by atoms with Gasteiger partial charge >= 0.3 is 5.97 Å². The predicted octanol–water partition coefficient (Wildman–Crippen LogP) is 6.33. The second-order valence-electron chi connectivity index (χ2n) is 9.57. The highest BCUT2D eigenvalue weighted by Gasteiger charge is 2.37. The van der Waals surface area contributed by atoms with Gasteiger partial charge in [0, 0.05) is 19.4 Å². The summed E-state index contributed by atoms with van der Waals surface area (Å²) >= 11 is 0. The minimum absolute atomic E-state index is 0.0109. The highest BCUT2D eigenvalue weighted by atomic mass is 16.7. The zero-order valence-electron chi connectivity index (χ0n) is 22.6. The topological polar surface area (TPSA) is 85.2 Å². The Morgan fingerprint density at radius 2 is 1.89 bits per heavy atom. The van der Waals surface area contributed by atoms with Crippen molar-refractivity contribution in [3.05, 3.63) is 71.3 Å². The second-order valence-corrected chi connectivity index (χ2v) is 9.57. The molecular weight excluding hydrogens is 480 g/mol. The molecule has 1 heterocycles. The number of aliphatic carboxylic acids is 1. The molecule has 2 aromatic carbocycles. The summed E-state index contributed by atoms with van der Waals surface area (Å²) in [5, 5.41) is 17.3. The smallest absolute Gasteiger partial charge is 0.304 e. The van der Waals surface area contributed by atoms with Crippen LogP contribution in [0.2, 0.25) is 0 Å². The van der Waals surface area contributed by atoms with Gasteiger partial charge in [0.1, 0.15) is 12.4 Å². The van der Waals surface area contributed by atoms with Crippen molar-refractivity contribution >= 4 is 11.5 Å². The van der Waals surface area contributed by atoms with Crippen molar-refractivity contribution in [2.24, 2.45) is 0 Å². The Hall–Kier alpha value is -3.11. The average molecular weight is 521 g/mol. The van der Waals surface area contributed by atoms with Crippen LogP contribution in [0.1, 0.15) is 81.4 Å². The number of benzene rings is 2. The summed E-state index contributed by atoms with van der Waals surface area (Å²) in [5.41, 5.74) is 4.52. The molecule has 4 rings (SSSR count). The lowest BCUT2D eigenvalue weighted by Gasteiger charge is -2.30. The molecule has 0 bridgehead atoms. The molecule has 1 aliphatic heterocycles. The van der Waals surface area contributed by atoms with Crippen molar-refractivity contribution < 1.29 is 29.2 Å². The Kier molecular flexibility index (Phi) is 11.9. The van der Waals surface area contributed by atoms with Gasteiger partial charge in [0.05, 0.1) is 25.6 Å². The summed E-state index contributed by atoms with van der Waals surface area (Å²) in [4.78, 5) is 11.1. The van der Waals surface area contributed by atoms with Crippen LogP contribution < -0.4 is 4.74 Å². The number of hydrogen-bond acceptors (Lipinski definition) is 5. The van der Waals surface area contributed by atoms with Gasteiger partial charge in [-0.3, -0.25) is 4.79 Å². The summed E-state index contributed by atoms with van der Waals surface area (Å²) < 4.78 is 17.6. The SMILES string of the molecule is CC#CC(CC(=O)O)c1ccc(OCc2cccc(C3=CCC4(CC3)OCCO4)c2)cc1.CCCCCO. The highest BCUT2D eigenvalue weighted by Crippen LogP contribution is 2.38. The molecule has 0 amide bonds. The Morgan fingerprint density at radius 3 is 2.47 bits per heavy atom. The lowest BCUT2D eigenvalue weighted by atomic mass is 9.89. The first-order valence-corrected chi connectivity index (χ1v) is 13.5. The number of carboxylic acids is 1. The van der Waals surface area contributed by atoms with Gasteiger partial charge in [0.25, 0.3) is 0 Å². The van der Waals surface area contributed by atoms with E-state index in [1.165, 1.54) is 17.6 Å². The highest BCUT2D eigenvalue weighted by molar-refractivity contribution is 5.69. The minimum Gasteiger partial charge on any atom is -0.489 e. The Morgan fingerprint density at radius 1 is 1.13 bits per heavy atom. The van der Waals surface area contributed by atoms with Gasteiger partial charge in [-0.05, 0) is 60.2 Å². The first-order chi connectivity index (χ1) is 18.5. The lowest BCUT2D eigenvalue weighted by molar-refractivity contribution is -0.159. The van der Waals surface area contributed by atoms with Gasteiger partial charge in [0.2, 0.25) is 0 Å². The van der Waals surface area contributed by atoms with Crippen molar-refractivity contribution in [3.63, 3.8) is 0 Å². The molecule has 1 saturated heterocycles. The van der Waals surface area contributed by atoms with Crippen LogP contribution in [-0.4, -0.2) is 41.8 Å². The van der Waals surface area contributed by atoms with E-state index in [2.05, 4.69) is 49.1 Å². The first-order valence-electron chi connectivity index (χ1n) is 13.5. The fourth-order valence-electron chi connectivity index (χ4n) is 4.62. The van der Waals surface area contributed by atoms with Gasteiger partial charge in [-0.1, -0.05) is 62.1 Å². The van der Waals surface area contributed by atoms with E-state index < -0.39 is 11.8 Å². The summed E-state index contributed by atoms with van der Waals surface area (Å²) in [5.74, 6) is 4.96. The molecule has 38 heavy (non-hydrogen) atoms. The van der Waals surface area contributed by atoms with Crippen molar-refractivity contribution in [1.82, 2.24) is 0 Å². The van der Waals surface area contributed by atoms with E-state index in [1.54, 1.807) is 6.92 Å². The third-order valence-electron chi connectivity index (χ3n) is 6.69. The minimum atomic E-state index is -0.857. The van der Waals surface area contributed by atoms with Crippen molar-refractivity contribution in [3.8, 4) is 17.6 Å². The van der Waals surface area contributed by atoms with E-state index in [0.29, 0.717) is 26.4 Å². The number of ether oxygens (including phenoxy) is 3. The monoisotopic (exact) mass is 520 g/mol. The average Bonchev–Trinajstić information content (AvgIpc) is 3.39. The third kappa shape index (κ3) is 9.02. The molecule has 0 radical (unpaired) electrons. The van der Waals surface area contributed by atoms with Crippen LogP contribution in [0.3, 0.4) is 0 Å². The van der Waals surface area contributed by atoms with Crippen LogP contribution in [0.4, 0.5) is 0 Å². The molecular formula is C32H40O6. The molecule has 204 valence electrons. The largest absolute Gasteiger partial charge is 0.489 e. The van der Waals surface area contributed by atoms with Gasteiger partial charge < -0.3 is 24.4 Å².